The molecule has 1 amide bonds. The fourth-order valence-electron chi connectivity index (χ4n) is 2.72. The molecule has 2 aromatic rings. The Morgan fingerprint density at radius 2 is 2.04 bits per heavy atom. The smallest absolute Gasteiger partial charge is 0.278 e. The van der Waals surface area contributed by atoms with Crippen molar-refractivity contribution >= 4 is 5.91 Å². The van der Waals surface area contributed by atoms with Crippen LogP contribution in [-0.4, -0.2) is 57.3 Å². The Morgan fingerprint density at radius 3 is 2.70 bits per heavy atom. The number of carbonyl (C=O) groups excluding carboxylic acids is 1. The summed E-state index contributed by atoms with van der Waals surface area (Å²) in [5.41, 5.74) is 2.14. The summed E-state index contributed by atoms with van der Waals surface area (Å²) in [4.78, 5) is 22.6. The van der Waals surface area contributed by atoms with Crippen molar-refractivity contribution in [3.8, 4) is 11.8 Å². The van der Waals surface area contributed by atoms with Crippen LogP contribution in [0.2, 0.25) is 0 Å². The number of nitrogens with zero attached hydrogens (tertiary/aromatic N) is 4. The maximum absolute atomic E-state index is 12.6. The summed E-state index contributed by atoms with van der Waals surface area (Å²) in [5.74, 6) is 0.676. The zero-order valence-electron chi connectivity index (χ0n) is 13.4. The van der Waals surface area contributed by atoms with E-state index in [2.05, 4.69) is 20.2 Å². The number of H-pyrrole nitrogens is 1. The highest BCUT2D eigenvalue weighted by molar-refractivity contribution is 5.96. The average molecular weight is 317 g/mol. The molecule has 8 nitrogen and oxygen atoms in total. The van der Waals surface area contributed by atoms with E-state index in [1.807, 2.05) is 13.8 Å². The minimum atomic E-state index is -0.128. The van der Waals surface area contributed by atoms with Gasteiger partial charge in [-0.25, -0.2) is 9.97 Å². The van der Waals surface area contributed by atoms with E-state index >= 15 is 0 Å². The van der Waals surface area contributed by atoms with Crippen molar-refractivity contribution in [1.82, 2.24) is 25.1 Å². The molecular formula is C15H19N5O3. The van der Waals surface area contributed by atoms with Gasteiger partial charge in [-0.2, -0.15) is 5.10 Å². The Hall–Kier alpha value is -2.64. The molecule has 0 aliphatic carbocycles. The molecule has 1 N–H and O–H groups in total. The molecule has 1 atom stereocenters. The number of nitrogens with one attached hydrogen (secondary N) is 1. The predicted molar refractivity (Wildman–Crippen MR) is 81.6 cm³/mol. The molecule has 1 fully saturated rings. The van der Waals surface area contributed by atoms with E-state index in [0.29, 0.717) is 36.1 Å². The van der Waals surface area contributed by atoms with Crippen LogP contribution >= 0.6 is 0 Å². The van der Waals surface area contributed by atoms with Crippen molar-refractivity contribution in [3.63, 3.8) is 0 Å². The first-order valence-corrected chi connectivity index (χ1v) is 7.42. The summed E-state index contributed by atoms with van der Waals surface area (Å²) >= 11 is 0. The van der Waals surface area contributed by atoms with Gasteiger partial charge in [0.05, 0.1) is 24.9 Å². The van der Waals surface area contributed by atoms with Crippen LogP contribution in [0.5, 0.6) is 11.8 Å². The fourth-order valence-corrected chi connectivity index (χ4v) is 2.72. The summed E-state index contributed by atoms with van der Waals surface area (Å²) in [6.45, 7) is 4.81. The average Bonchev–Trinajstić information content (AvgIpc) is 3.14. The molecule has 0 saturated carbocycles. The first-order valence-electron chi connectivity index (χ1n) is 7.42. The second-order valence-electron chi connectivity index (χ2n) is 5.46. The lowest BCUT2D eigenvalue weighted by Crippen LogP contribution is -2.31. The Labute approximate surface area is 133 Å². The van der Waals surface area contributed by atoms with Gasteiger partial charge in [0.1, 0.15) is 6.10 Å². The number of likely N-dealkylation sites (tertiary alicyclic amines) is 1. The molecular weight excluding hydrogens is 298 g/mol. The topological polar surface area (TPSA) is 93.2 Å². The molecule has 122 valence electrons. The molecule has 1 unspecified atom stereocenters. The number of carbonyl (C=O) groups is 1. The zero-order valence-corrected chi connectivity index (χ0v) is 13.4. The van der Waals surface area contributed by atoms with Gasteiger partial charge in [0.15, 0.2) is 0 Å². The SMILES string of the molecule is COc1nccnc1OC1CCN(C(=O)c2c(C)n[nH]c2C)C1. The molecule has 1 saturated heterocycles. The number of aromatic nitrogens is 4. The number of aromatic amines is 1. The summed E-state index contributed by atoms with van der Waals surface area (Å²) in [5, 5.41) is 6.92. The minimum absolute atomic E-state index is 0.0223. The van der Waals surface area contributed by atoms with Crippen LogP contribution < -0.4 is 9.47 Å². The maximum atomic E-state index is 12.6. The first-order chi connectivity index (χ1) is 11.1. The molecule has 0 radical (unpaired) electrons. The van der Waals surface area contributed by atoms with Crippen molar-refractivity contribution in [3.05, 3.63) is 29.3 Å². The molecule has 0 bridgehead atoms. The quantitative estimate of drug-likeness (QED) is 0.908. The van der Waals surface area contributed by atoms with Gasteiger partial charge in [0, 0.05) is 31.1 Å². The van der Waals surface area contributed by atoms with Crippen LogP contribution in [-0.2, 0) is 0 Å². The normalized spacial score (nSPS) is 17.3. The molecule has 2 aromatic heterocycles. The van der Waals surface area contributed by atoms with E-state index in [0.717, 1.165) is 12.1 Å². The van der Waals surface area contributed by atoms with E-state index in [1.165, 1.54) is 7.11 Å². The third-order valence-electron chi connectivity index (χ3n) is 3.88. The number of amides is 1. The summed E-state index contributed by atoms with van der Waals surface area (Å²) in [6, 6.07) is 0. The monoisotopic (exact) mass is 317 g/mol. The molecule has 0 spiro atoms. The molecule has 0 aromatic carbocycles. The van der Waals surface area contributed by atoms with Crippen molar-refractivity contribution in [2.75, 3.05) is 20.2 Å². The Morgan fingerprint density at radius 1 is 1.30 bits per heavy atom. The highest BCUT2D eigenvalue weighted by atomic mass is 16.5. The fraction of sp³-hybridized carbons (Fsp3) is 0.467. The van der Waals surface area contributed by atoms with E-state index in [4.69, 9.17) is 9.47 Å². The number of rotatable bonds is 4. The van der Waals surface area contributed by atoms with E-state index in [1.54, 1.807) is 17.3 Å². The molecule has 3 rings (SSSR count). The summed E-state index contributed by atoms with van der Waals surface area (Å²) < 4.78 is 11.0. The van der Waals surface area contributed by atoms with Crippen molar-refractivity contribution in [2.24, 2.45) is 0 Å². The third kappa shape index (κ3) is 2.96. The highest BCUT2D eigenvalue weighted by Gasteiger charge is 2.31. The summed E-state index contributed by atoms with van der Waals surface area (Å²) in [7, 11) is 1.52. The Kier molecular flexibility index (Phi) is 4.14. The van der Waals surface area contributed by atoms with Crippen molar-refractivity contribution in [1.29, 1.82) is 0 Å². The van der Waals surface area contributed by atoms with Crippen LogP contribution in [0.15, 0.2) is 12.4 Å². The lowest BCUT2D eigenvalue weighted by molar-refractivity contribution is 0.0769. The second-order valence-corrected chi connectivity index (χ2v) is 5.46. The predicted octanol–water partition coefficient (Wildman–Crippen LogP) is 1.12. The van der Waals surface area contributed by atoms with Crippen LogP contribution in [0.25, 0.3) is 0 Å². The standard InChI is InChI=1S/C15H19N5O3/c1-9-12(10(2)19-18-9)15(21)20-7-4-11(8-20)23-14-13(22-3)16-5-6-17-14/h5-6,11H,4,7-8H2,1-3H3,(H,18,19). The Bertz CT molecular complexity index is 695. The van der Waals surface area contributed by atoms with Gasteiger partial charge >= 0.3 is 0 Å². The van der Waals surface area contributed by atoms with Crippen molar-refractivity contribution < 1.29 is 14.3 Å². The van der Waals surface area contributed by atoms with Gasteiger partial charge in [-0.15, -0.1) is 0 Å². The number of aryl methyl sites for hydroxylation is 2. The van der Waals surface area contributed by atoms with Gasteiger partial charge in [-0.05, 0) is 13.8 Å². The van der Waals surface area contributed by atoms with E-state index in [-0.39, 0.29) is 12.0 Å². The maximum Gasteiger partial charge on any atom is 0.278 e. The number of ether oxygens (including phenoxy) is 2. The van der Waals surface area contributed by atoms with Crippen LogP contribution in [0.1, 0.15) is 28.2 Å². The van der Waals surface area contributed by atoms with Crippen LogP contribution in [0, 0.1) is 13.8 Å². The van der Waals surface area contributed by atoms with E-state index in [9.17, 15) is 4.79 Å². The highest BCUT2D eigenvalue weighted by Crippen LogP contribution is 2.25. The van der Waals surface area contributed by atoms with E-state index < -0.39 is 0 Å². The minimum Gasteiger partial charge on any atom is -0.477 e. The molecule has 1 aliphatic rings. The van der Waals surface area contributed by atoms with Gasteiger partial charge in [0.2, 0.25) is 0 Å². The third-order valence-corrected chi connectivity index (χ3v) is 3.88. The number of hydrogen-bond acceptors (Lipinski definition) is 6. The number of methoxy groups -OCH3 is 1. The van der Waals surface area contributed by atoms with Gasteiger partial charge in [-0.1, -0.05) is 0 Å². The van der Waals surface area contributed by atoms with Gasteiger partial charge < -0.3 is 14.4 Å². The van der Waals surface area contributed by atoms with Crippen LogP contribution in [0.4, 0.5) is 0 Å². The Balaban J connectivity index is 1.68. The first kappa shape index (κ1) is 15.3. The lowest BCUT2D eigenvalue weighted by Gasteiger charge is -2.17. The van der Waals surface area contributed by atoms with Gasteiger partial charge in [0.25, 0.3) is 17.7 Å². The molecule has 23 heavy (non-hydrogen) atoms. The van der Waals surface area contributed by atoms with Crippen LogP contribution in [0.3, 0.4) is 0 Å². The zero-order chi connectivity index (χ0) is 16.4. The molecule has 8 heteroatoms. The van der Waals surface area contributed by atoms with Gasteiger partial charge in [-0.3, -0.25) is 9.89 Å². The second kappa shape index (κ2) is 6.23. The molecule has 3 heterocycles. The van der Waals surface area contributed by atoms with Crippen molar-refractivity contribution in [2.45, 2.75) is 26.4 Å². The lowest BCUT2D eigenvalue weighted by atomic mass is 10.2. The largest absolute Gasteiger partial charge is 0.477 e. The summed E-state index contributed by atoms with van der Waals surface area (Å²) in [6.07, 6.45) is 3.70. The number of hydrogen-bond donors (Lipinski definition) is 1. The molecule has 1 aliphatic heterocycles.